The van der Waals surface area contributed by atoms with Crippen LogP contribution in [0.5, 0.6) is 0 Å². The number of rotatable bonds is 3. The van der Waals surface area contributed by atoms with E-state index in [2.05, 4.69) is 4.98 Å². The summed E-state index contributed by atoms with van der Waals surface area (Å²) in [7, 11) is -3.31. The SMILES string of the molecule is CS(=O)(=O)N1CCC[C@@H]1c1cccc(-c2ccc(F)c(F)c2)n1. The predicted octanol–water partition coefficient (Wildman–Crippen LogP) is 3.12. The van der Waals surface area contributed by atoms with Gasteiger partial charge in [0.05, 0.1) is 23.7 Å². The van der Waals surface area contributed by atoms with E-state index in [0.29, 0.717) is 29.9 Å². The van der Waals surface area contributed by atoms with Crippen LogP contribution in [0.15, 0.2) is 36.4 Å². The van der Waals surface area contributed by atoms with Crippen LogP contribution in [0, 0.1) is 11.6 Å². The lowest BCUT2D eigenvalue weighted by atomic mass is 10.1. The van der Waals surface area contributed by atoms with Crippen molar-refractivity contribution in [2.45, 2.75) is 18.9 Å². The van der Waals surface area contributed by atoms with Gasteiger partial charge in [0.2, 0.25) is 10.0 Å². The average molecular weight is 338 g/mol. The van der Waals surface area contributed by atoms with Gasteiger partial charge in [0.15, 0.2) is 11.6 Å². The zero-order valence-electron chi connectivity index (χ0n) is 12.5. The molecule has 1 fully saturated rings. The van der Waals surface area contributed by atoms with Crippen molar-refractivity contribution in [3.05, 3.63) is 53.7 Å². The number of sulfonamides is 1. The van der Waals surface area contributed by atoms with E-state index in [-0.39, 0.29) is 6.04 Å². The van der Waals surface area contributed by atoms with Crippen LogP contribution in [0.25, 0.3) is 11.3 Å². The molecule has 7 heteroatoms. The maximum Gasteiger partial charge on any atom is 0.211 e. The molecule has 23 heavy (non-hydrogen) atoms. The Hall–Kier alpha value is -1.86. The molecular weight excluding hydrogens is 322 g/mol. The zero-order valence-corrected chi connectivity index (χ0v) is 13.4. The highest BCUT2D eigenvalue weighted by Crippen LogP contribution is 2.33. The summed E-state index contributed by atoms with van der Waals surface area (Å²) >= 11 is 0. The van der Waals surface area contributed by atoms with E-state index in [9.17, 15) is 17.2 Å². The first-order chi connectivity index (χ1) is 10.9. The van der Waals surface area contributed by atoms with Crippen LogP contribution in [-0.4, -0.2) is 30.5 Å². The molecule has 1 saturated heterocycles. The fourth-order valence-corrected chi connectivity index (χ4v) is 4.02. The Morgan fingerprint density at radius 1 is 1.17 bits per heavy atom. The van der Waals surface area contributed by atoms with Crippen molar-refractivity contribution in [1.82, 2.24) is 9.29 Å². The molecule has 1 aliphatic rings. The fourth-order valence-electron chi connectivity index (χ4n) is 2.89. The summed E-state index contributed by atoms with van der Waals surface area (Å²) in [4.78, 5) is 4.46. The lowest BCUT2D eigenvalue weighted by molar-refractivity contribution is 0.394. The van der Waals surface area contributed by atoms with Gasteiger partial charge in [0.1, 0.15) is 0 Å². The van der Waals surface area contributed by atoms with E-state index in [4.69, 9.17) is 0 Å². The van der Waals surface area contributed by atoms with Gasteiger partial charge in [-0.2, -0.15) is 4.31 Å². The van der Waals surface area contributed by atoms with Gasteiger partial charge in [-0.1, -0.05) is 6.07 Å². The number of hydrogen-bond acceptors (Lipinski definition) is 3. The molecule has 1 aromatic carbocycles. The van der Waals surface area contributed by atoms with Crippen LogP contribution in [0.4, 0.5) is 8.78 Å². The number of pyridine rings is 1. The Balaban J connectivity index is 1.98. The summed E-state index contributed by atoms with van der Waals surface area (Å²) in [5.41, 5.74) is 1.56. The van der Waals surface area contributed by atoms with Crippen LogP contribution in [0.3, 0.4) is 0 Å². The van der Waals surface area contributed by atoms with Gasteiger partial charge in [0, 0.05) is 12.1 Å². The Bertz CT molecular complexity index is 840. The number of hydrogen-bond donors (Lipinski definition) is 0. The van der Waals surface area contributed by atoms with E-state index < -0.39 is 21.7 Å². The molecular formula is C16H16F2N2O2S. The van der Waals surface area contributed by atoms with E-state index in [1.165, 1.54) is 16.6 Å². The lowest BCUT2D eigenvalue weighted by Gasteiger charge is -2.22. The van der Waals surface area contributed by atoms with Crippen molar-refractivity contribution >= 4 is 10.0 Å². The smallest absolute Gasteiger partial charge is 0.211 e. The van der Waals surface area contributed by atoms with Crippen molar-refractivity contribution in [2.24, 2.45) is 0 Å². The largest absolute Gasteiger partial charge is 0.251 e. The van der Waals surface area contributed by atoms with E-state index in [1.807, 2.05) is 0 Å². The van der Waals surface area contributed by atoms with Crippen molar-refractivity contribution in [3.8, 4) is 11.3 Å². The second kappa shape index (κ2) is 5.98. The summed E-state index contributed by atoms with van der Waals surface area (Å²) in [5.74, 6) is -1.85. The Morgan fingerprint density at radius 3 is 2.65 bits per heavy atom. The minimum Gasteiger partial charge on any atom is -0.251 e. The maximum absolute atomic E-state index is 13.4. The molecule has 1 aromatic heterocycles. The molecule has 0 spiro atoms. The average Bonchev–Trinajstić information content (AvgIpc) is 3.00. The highest BCUT2D eigenvalue weighted by atomic mass is 32.2. The lowest BCUT2D eigenvalue weighted by Crippen LogP contribution is -2.29. The van der Waals surface area contributed by atoms with Gasteiger partial charge in [-0.15, -0.1) is 0 Å². The number of halogens is 2. The second-order valence-electron chi connectivity index (χ2n) is 5.61. The molecule has 0 amide bonds. The second-order valence-corrected chi connectivity index (χ2v) is 7.54. The van der Waals surface area contributed by atoms with Gasteiger partial charge in [-0.25, -0.2) is 17.2 Å². The molecule has 122 valence electrons. The monoisotopic (exact) mass is 338 g/mol. The van der Waals surface area contributed by atoms with Crippen molar-refractivity contribution < 1.29 is 17.2 Å². The summed E-state index contributed by atoms with van der Waals surface area (Å²) in [6, 6.07) is 8.48. The van der Waals surface area contributed by atoms with Crippen LogP contribution in [0.2, 0.25) is 0 Å². The molecule has 0 radical (unpaired) electrons. The minimum absolute atomic E-state index is 0.310. The first-order valence-corrected chi connectivity index (χ1v) is 9.10. The van der Waals surface area contributed by atoms with E-state index >= 15 is 0 Å². The predicted molar refractivity (Wildman–Crippen MR) is 83.1 cm³/mol. The van der Waals surface area contributed by atoms with Crippen LogP contribution in [-0.2, 0) is 10.0 Å². The summed E-state index contributed by atoms with van der Waals surface area (Å²) < 4.78 is 51.6. The van der Waals surface area contributed by atoms with Gasteiger partial charge in [0.25, 0.3) is 0 Å². The molecule has 3 rings (SSSR count). The molecule has 0 aliphatic carbocycles. The zero-order chi connectivity index (χ0) is 16.6. The number of benzene rings is 1. The minimum atomic E-state index is -3.31. The molecule has 0 saturated carbocycles. The van der Waals surface area contributed by atoms with Gasteiger partial charge in [-0.3, -0.25) is 4.98 Å². The molecule has 0 bridgehead atoms. The Kier molecular flexibility index (Phi) is 4.16. The molecule has 1 atom stereocenters. The third-order valence-corrected chi connectivity index (χ3v) is 5.25. The molecule has 1 aliphatic heterocycles. The number of aromatic nitrogens is 1. The molecule has 0 unspecified atom stereocenters. The Morgan fingerprint density at radius 2 is 1.96 bits per heavy atom. The van der Waals surface area contributed by atoms with Crippen LogP contribution < -0.4 is 0 Å². The maximum atomic E-state index is 13.4. The first kappa shape index (κ1) is 16.0. The van der Waals surface area contributed by atoms with Gasteiger partial charge < -0.3 is 0 Å². The van der Waals surface area contributed by atoms with Gasteiger partial charge >= 0.3 is 0 Å². The molecule has 4 nitrogen and oxygen atoms in total. The van der Waals surface area contributed by atoms with Crippen LogP contribution >= 0.6 is 0 Å². The molecule has 2 aromatic rings. The van der Waals surface area contributed by atoms with E-state index in [1.54, 1.807) is 18.2 Å². The van der Waals surface area contributed by atoms with E-state index in [0.717, 1.165) is 18.6 Å². The topological polar surface area (TPSA) is 50.3 Å². The molecule has 2 heterocycles. The van der Waals surface area contributed by atoms with Crippen molar-refractivity contribution in [2.75, 3.05) is 12.8 Å². The third kappa shape index (κ3) is 3.25. The number of nitrogens with zero attached hydrogens (tertiary/aromatic N) is 2. The molecule has 0 N–H and O–H groups in total. The first-order valence-electron chi connectivity index (χ1n) is 7.25. The van der Waals surface area contributed by atoms with Crippen molar-refractivity contribution in [3.63, 3.8) is 0 Å². The third-order valence-electron chi connectivity index (χ3n) is 3.96. The highest BCUT2D eigenvalue weighted by Gasteiger charge is 2.33. The fraction of sp³-hybridized carbons (Fsp3) is 0.312. The highest BCUT2D eigenvalue weighted by molar-refractivity contribution is 7.88. The van der Waals surface area contributed by atoms with Gasteiger partial charge in [-0.05, 0) is 43.2 Å². The normalized spacial score (nSPS) is 19.2. The van der Waals surface area contributed by atoms with Crippen LogP contribution in [0.1, 0.15) is 24.6 Å². The summed E-state index contributed by atoms with van der Waals surface area (Å²) in [6.45, 7) is 0.473. The summed E-state index contributed by atoms with van der Waals surface area (Å²) in [5, 5.41) is 0. The standard InChI is InChI=1S/C16H16F2N2O2S/c1-23(21,22)20-9-3-6-16(20)15-5-2-4-14(19-15)11-7-8-12(17)13(18)10-11/h2,4-5,7-8,10,16H,3,6,9H2,1H3/t16-/m1/s1. The Labute approximate surface area is 133 Å². The van der Waals surface area contributed by atoms with Crippen molar-refractivity contribution in [1.29, 1.82) is 0 Å². The quantitative estimate of drug-likeness (QED) is 0.864. The summed E-state index contributed by atoms with van der Waals surface area (Å²) in [6.07, 6.45) is 2.65.